The second-order valence-electron chi connectivity index (χ2n) is 4.46. The summed E-state index contributed by atoms with van der Waals surface area (Å²) in [6, 6.07) is 13.3. The Kier molecular flexibility index (Phi) is 13.1. The minimum absolute atomic E-state index is 0. The van der Waals surface area contributed by atoms with E-state index in [9.17, 15) is 5.11 Å². The summed E-state index contributed by atoms with van der Waals surface area (Å²) >= 11 is 0. The molecule has 7 heteroatoms. The van der Waals surface area contributed by atoms with Gasteiger partial charge in [-0.3, -0.25) is 0 Å². The third kappa shape index (κ3) is 7.51. The topological polar surface area (TPSA) is 62.8 Å². The first-order valence-corrected chi connectivity index (χ1v) is 6.40. The van der Waals surface area contributed by atoms with Gasteiger partial charge in [0, 0.05) is 108 Å². The number of hydrogen-bond donors (Lipinski definition) is 3. The van der Waals surface area contributed by atoms with E-state index in [2.05, 4.69) is 25.1 Å². The molecule has 0 radical (unpaired) electrons. The van der Waals surface area contributed by atoms with Crippen LogP contribution in [0, 0.1) is 97.7 Å². The Labute approximate surface area is 204 Å². The molecule has 0 unspecified atom stereocenters. The standard InChI is InChI=1S/C16H18N2O3.2Ce/c1-20-10-12-8-15(9-13(11-21-2)16(12)19)18-17-14-6-4-3-5-7-14;;/h3-9,17-19H,1-2,10-11H2;;/q-2;;. The largest absolute Gasteiger partial charge is 0.552 e. The van der Waals surface area contributed by atoms with Gasteiger partial charge < -0.3 is 25.4 Å². The Morgan fingerprint density at radius 1 is 0.826 bits per heavy atom. The fourth-order valence-corrected chi connectivity index (χ4v) is 1.94. The van der Waals surface area contributed by atoms with Gasteiger partial charge in [0.25, 0.3) is 0 Å². The molecular formula is C16H18Ce2N2O3-2. The van der Waals surface area contributed by atoms with E-state index in [0.717, 1.165) is 11.4 Å². The van der Waals surface area contributed by atoms with Gasteiger partial charge in [-0.25, -0.2) is 14.2 Å². The summed E-state index contributed by atoms with van der Waals surface area (Å²) in [5, 5.41) is 10.1. The van der Waals surface area contributed by atoms with Gasteiger partial charge in [-0.1, -0.05) is 18.2 Å². The Balaban J connectivity index is 0.00000242. The van der Waals surface area contributed by atoms with Crippen molar-refractivity contribution in [3.63, 3.8) is 0 Å². The van der Waals surface area contributed by atoms with Crippen LogP contribution in [0.5, 0.6) is 5.75 Å². The molecule has 0 aliphatic rings. The van der Waals surface area contributed by atoms with Crippen LogP contribution >= 0.6 is 0 Å². The first kappa shape index (κ1) is 23.5. The summed E-state index contributed by atoms with van der Waals surface area (Å²) in [4.78, 5) is 0. The molecule has 0 heterocycles. The van der Waals surface area contributed by atoms with Crippen LogP contribution in [0.15, 0.2) is 42.5 Å². The number of nitrogens with one attached hydrogen (secondary N) is 2. The van der Waals surface area contributed by atoms with E-state index < -0.39 is 0 Å². The SMILES string of the molecule is [CH2-]OCc1cc(NNc2ccccc2)cc(CO[CH2-])c1O.[Ce].[Ce]. The van der Waals surface area contributed by atoms with E-state index in [4.69, 9.17) is 9.47 Å². The summed E-state index contributed by atoms with van der Waals surface area (Å²) in [6.45, 7) is 0.410. The average Bonchev–Trinajstić information content (AvgIpc) is 2.51. The van der Waals surface area contributed by atoms with E-state index in [1.54, 1.807) is 12.1 Å². The summed E-state index contributed by atoms with van der Waals surface area (Å²) in [6.07, 6.45) is 0. The molecule has 0 aromatic heterocycles. The molecule has 0 amide bonds. The van der Waals surface area contributed by atoms with Crippen molar-refractivity contribution < 1.29 is 98.1 Å². The van der Waals surface area contributed by atoms with Crippen molar-refractivity contribution in [3.8, 4) is 5.75 Å². The molecule has 0 fully saturated rings. The minimum atomic E-state index is 0. The Morgan fingerprint density at radius 2 is 1.30 bits per heavy atom. The molecule has 3 N–H and O–H groups in total. The molecular weight excluding hydrogens is 548 g/mol. The Morgan fingerprint density at radius 3 is 1.78 bits per heavy atom. The van der Waals surface area contributed by atoms with Gasteiger partial charge in [-0.2, -0.15) is 0 Å². The zero-order chi connectivity index (χ0) is 15.1. The third-order valence-electron chi connectivity index (χ3n) is 2.91. The molecule has 0 aliphatic heterocycles. The molecule has 2 rings (SSSR count). The second kappa shape index (κ2) is 12.8. The van der Waals surface area contributed by atoms with Gasteiger partial charge in [0.05, 0.1) is 11.4 Å². The minimum Gasteiger partial charge on any atom is -0.552 e. The number of para-hydroxylation sites is 1. The summed E-state index contributed by atoms with van der Waals surface area (Å²) in [5.41, 5.74) is 9.09. The maximum Gasteiger partial charge on any atom is 0.126 e. The monoisotopic (exact) mass is 566 g/mol. The van der Waals surface area contributed by atoms with E-state index in [-0.39, 0.29) is 102 Å². The van der Waals surface area contributed by atoms with Crippen molar-refractivity contribution in [2.75, 3.05) is 10.9 Å². The molecule has 23 heavy (non-hydrogen) atoms. The first-order chi connectivity index (χ1) is 10.2. The maximum atomic E-state index is 10.1. The van der Waals surface area contributed by atoms with Crippen LogP contribution in [0.4, 0.5) is 11.4 Å². The van der Waals surface area contributed by atoms with Gasteiger partial charge in [0.1, 0.15) is 5.75 Å². The van der Waals surface area contributed by atoms with Crippen LogP contribution in [-0.4, -0.2) is 5.11 Å². The van der Waals surface area contributed by atoms with Crippen LogP contribution < -0.4 is 10.9 Å². The van der Waals surface area contributed by atoms with Gasteiger partial charge in [-0.15, -0.1) is 0 Å². The third-order valence-corrected chi connectivity index (χ3v) is 2.91. The van der Waals surface area contributed by atoms with Crippen molar-refractivity contribution in [2.24, 2.45) is 0 Å². The smallest absolute Gasteiger partial charge is 0.126 e. The number of anilines is 2. The quantitative estimate of drug-likeness (QED) is 0.273. The number of rotatable bonds is 7. The van der Waals surface area contributed by atoms with E-state index in [0.29, 0.717) is 11.1 Å². The second-order valence-corrected chi connectivity index (χ2v) is 4.46. The molecule has 0 saturated heterocycles. The fraction of sp³-hybridized carbons (Fsp3) is 0.125. The summed E-state index contributed by atoms with van der Waals surface area (Å²) in [5.74, 6) is 0.132. The molecule has 0 bridgehead atoms. The van der Waals surface area contributed by atoms with Gasteiger partial charge in [-0.05, 0) is 24.3 Å². The number of aromatic hydroxyl groups is 1. The van der Waals surface area contributed by atoms with E-state index in [1.807, 2.05) is 30.3 Å². The molecule has 120 valence electrons. The Bertz CT molecular complexity index is 556. The van der Waals surface area contributed by atoms with Crippen LogP contribution in [-0.2, 0) is 22.7 Å². The predicted molar refractivity (Wildman–Crippen MR) is 82.1 cm³/mol. The van der Waals surface area contributed by atoms with Crippen molar-refractivity contribution in [3.05, 3.63) is 67.8 Å². The number of benzene rings is 2. The molecule has 0 spiro atoms. The molecule has 2 aromatic rings. The van der Waals surface area contributed by atoms with Crippen LogP contribution in [0.1, 0.15) is 11.1 Å². The number of phenolic OH excluding ortho intramolecular Hbond substituents is 1. The summed E-state index contributed by atoms with van der Waals surface area (Å²) < 4.78 is 9.69. The zero-order valence-corrected chi connectivity index (χ0v) is 18.9. The Hall–Kier alpha value is 0.513. The average molecular weight is 567 g/mol. The summed E-state index contributed by atoms with van der Waals surface area (Å²) in [7, 11) is 6.66. The number of phenols is 1. The predicted octanol–water partition coefficient (Wildman–Crippen LogP) is 3.45. The van der Waals surface area contributed by atoms with Crippen LogP contribution in [0.3, 0.4) is 0 Å². The van der Waals surface area contributed by atoms with E-state index >= 15 is 0 Å². The van der Waals surface area contributed by atoms with Crippen molar-refractivity contribution in [2.45, 2.75) is 13.2 Å². The molecule has 0 atom stereocenters. The molecule has 2 aromatic carbocycles. The maximum absolute atomic E-state index is 10.1. The van der Waals surface area contributed by atoms with E-state index in [1.165, 1.54) is 0 Å². The van der Waals surface area contributed by atoms with Crippen molar-refractivity contribution >= 4 is 11.4 Å². The molecule has 0 saturated carbocycles. The van der Waals surface area contributed by atoms with Crippen molar-refractivity contribution in [1.82, 2.24) is 0 Å². The normalized spacial score (nSPS) is 9.48. The van der Waals surface area contributed by atoms with Gasteiger partial charge >= 0.3 is 0 Å². The van der Waals surface area contributed by atoms with Gasteiger partial charge in [0.15, 0.2) is 0 Å². The first-order valence-electron chi connectivity index (χ1n) is 6.40. The molecule has 0 aliphatic carbocycles. The fourth-order valence-electron chi connectivity index (χ4n) is 1.94. The zero-order valence-electron chi connectivity index (χ0n) is 12.6. The number of hydrogen-bond acceptors (Lipinski definition) is 5. The number of ether oxygens (including phenoxy) is 2. The van der Waals surface area contributed by atoms with Gasteiger partial charge in [0.2, 0.25) is 0 Å². The van der Waals surface area contributed by atoms with Crippen LogP contribution in [0.2, 0.25) is 0 Å². The number of hydrazine groups is 1. The van der Waals surface area contributed by atoms with Crippen molar-refractivity contribution in [1.29, 1.82) is 0 Å². The van der Waals surface area contributed by atoms with Crippen LogP contribution in [0.25, 0.3) is 0 Å². The molecule has 5 nitrogen and oxygen atoms in total.